The zero-order valence-electron chi connectivity index (χ0n) is 22.3. The van der Waals surface area contributed by atoms with Gasteiger partial charge in [0.15, 0.2) is 0 Å². The van der Waals surface area contributed by atoms with Crippen LogP contribution in [0.15, 0.2) is 124 Å². The fourth-order valence-electron chi connectivity index (χ4n) is 5.72. The minimum atomic E-state index is -0.536. The van der Waals surface area contributed by atoms with Gasteiger partial charge >= 0.3 is 0 Å². The predicted molar refractivity (Wildman–Crippen MR) is 161 cm³/mol. The van der Waals surface area contributed by atoms with Crippen molar-refractivity contribution in [3.05, 3.63) is 136 Å². The summed E-state index contributed by atoms with van der Waals surface area (Å²) < 4.78 is 11.6. The van der Waals surface area contributed by atoms with Crippen molar-refractivity contribution in [2.24, 2.45) is 9.98 Å². The van der Waals surface area contributed by atoms with Crippen LogP contribution in [0, 0.1) is 0 Å². The Morgan fingerprint density at radius 1 is 0.775 bits per heavy atom. The van der Waals surface area contributed by atoms with Crippen molar-refractivity contribution in [3.63, 3.8) is 0 Å². The Bertz CT molecular complexity index is 1880. The molecule has 0 fully saturated rings. The number of benzene rings is 2. The van der Waals surface area contributed by atoms with Gasteiger partial charge in [0.1, 0.15) is 11.5 Å². The number of methoxy groups -OCH3 is 2. The molecule has 0 radical (unpaired) electrons. The SMILES string of the molecule is COc1ccccc1/C1=C2\C=CC(=N2)/C=c2/cc/c([nH]2)=C/C2=CCC(c3ccccc3OC)(/C=C3/C=CC1=N3)N2. The molecule has 3 aromatic rings. The van der Waals surface area contributed by atoms with Crippen LogP contribution in [0.25, 0.3) is 17.7 Å². The lowest BCUT2D eigenvalue weighted by atomic mass is 9.86. The molecule has 0 saturated heterocycles. The molecular formula is C34H28N4O2. The van der Waals surface area contributed by atoms with Gasteiger partial charge in [-0.1, -0.05) is 42.5 Å². The number of fused-ring (bicyclic) bond motifs is 6. The molecule has 0 saturated carbocycles. The maximum atomic E-state index is 5.81. The number of para-hydroxylation sites is 2. The Hall–Kier alpha value is -5.10. The third kappa shape index (κ3) is 4.14. The highest BCUT2D eigenvalue weighted by Gasteiger charge is 2.36. The van der Waals surface area contributed by atoms with Crippen LogP contribution >= 0.6 is 0 Å². The highest BCUT2D eigenvalue weighted by Crippen LogP contribution is 2.41. The lowest BCUT2D eigenvalue weighted by molar-refractivity contribution is 0.389. The first-order valence-corrected chi connectivity index (χ1v) is 13.3. The molecule has 1 atom stereocenters. The van der Waals surface area contributed by atoms with E-state index in [0.717, 1.165) is 73.8 Å². The number of H-pyrrole nitrogens is 1. The van der Waals surface area contributed by atoms with E-state index in [4.69, 9.17) is 19.5 Å². The molecule has 0 amide bonds. The number of ether oxygens (including phenoxy) is 2. The number of aliphatic imine (C=N–C) groups is 2. The third-order valence-corrected chi connectivity index (χ3v) is 7.55. The molecule has 8 bridgehead atoms. The van der Waals surface area contributed by atoms with Crippen LogP contribution in [0.3, 0.4) is 0 Å². The predicted octanol–water partition coefficient (Wildman–Crippen LogP) is 4.70. The van der Waals surface area contributed by atoms with Gasteiger partial charge in [0.05, 0.1) is 42.6 Å². The van der Waals surface area contributed by atoms with Gasteiger partial charge in [-0.25, -0.2) is 9.98 Å². The van der Waals surface area contributed by atoms with Gasteiger partial charge in [0.2, 0.25) is 0 Å². The molecular weight excluding hydrogens is 496 g/mol. The van der Waals surface area contributed by atoms with Crippen molar-refractivity contribution >= 4 is 29.1 Å². The Kier molecular flexibility index (Phi) is 5.74. The maximum Gasteiger partial charge on any atom is 0.126 e. The van der Waals surface area contributed by atoms with Crippen LogP contribution in [0.2, 0.25) is 0 Å². The van der Waals surface area contributed by atoms with Gasteiger partial charge in [-0.15, -0.1) is 0 Å². The van der Waals surface area contributed by atoms with Crippen LogP contribution in [-0.2, 0) is 5.54 Å². The van der Waals surface area contributed by atoms with E-state index in [0.29, 0.717) is 0 Å². The minimum Gasteiger partial charge on any atom is -0.496 e. The second-order valence-electron chi connectivity index (χ2n) is 10.0. The number of hydrogen-bond donors (Lipinski definition) is 2. The van der Waals surface area contributed by atoms with Crippen molar-refractivity contribution in [3.8, 4) is 11.5 Å². The fraction of sp³-hybridized carbons (Fsp3) is 0.118. The molecule has 0 spiro atoms. The topological polar surface area (TPSA) is 71.0 Å². The zero-order valence-corrected chi connectivity index (χ0v) is 22.3. The molecule has 1 unspecified atom stereocenters. The normalized spacial score (nSPS) is 25.4. The highest BCUT2D eigenvalue weighted by molar-refractivity contribution is 6.33. The number of rotatable bonds is 4. The van der Waals surface area contributed by atoms with Crippen molar-refractivity contribution in [2.75, 3.05) is 14.2 Å². The molecule has 2 N–H and O–H groups in total. The minimum absolute atomic E-state index is 0.536. The van der Waals surface area contributed by atoms with Crippen LogP contribution in [0.5, 0.6) is 11.5 Å². The molecule has 4 aliphatic rings. The fourth-order valence-corrected chi connectivity index (χ4v) is 5.72. The Morgan fingerprint density at radius 3 is 2.40 bits per heavy atom. The average molecular weight is 525 g/mol. The van der Waals surface area contributed by atoms with Crippen molar-refractivity contribution in [1.29, 1.82) is 0 Å². The summed E-state index contributed by atoms with van der Waals surface area (Å²) in [5.74, 6) is 1.60. The summed E-state index contributed by atoms with van der Waals surface area (Å²) in [6.07, 6.45) is 17.6. The van der Waals surface area contributed by atoms with Crippen LogP contribution in [0.1, 0.15) is 17.5 Å². The molecule has 1 aromatic heterocycles. The van der Waals surface area contributed by atoms with Gasteiger partial charge in [0.25, 0.3) is 0 Å². The van der Waals surface area contributed by atoms with E-state index in [1.54, 1.807) is 14.2 Å². The van der Waals surface area contributed by atoms with E-state index in [-0.39, 0.29) is 0 Å². The standard InChI is InChI=1S/C34H28N4O2/c1-39-31-9-5-3-7-27(31)33-29-15-13-24(36-29)19-22-11-12-23(35-22)20-25-17-18-34(38-25,21-26-14-16-30(33)37-26)28-8-4-6-10-32(28)40-2/h3-17,19-21,35,38H,18H2,1-2H3/b22-19-,23-20-,26-21-,33-29-. The molecule has 40 heavy (non-hydrogen) atoms. The number of aromatic nitrogens is 1. The van der Waals surface area contributed by atoms with Gasteiger partial charge in [-0.3, -0.25) is 0 Å². The van der Waals surface area contributed by atoms with E-state index in [2.05, 4.69) is 71.0 Å². The Morgan fingerprint density at radius 2 is 1.55 bits per heavy atom. The first-order chi connectivity index (χ1) is 19.6. The van der Waals surface area contributed by atoms with Crippen molar-refractivity contribution < 1.29 is 9.47 Å². The first kappa shape index (κ1) is 24.0. The second kappa shape index (κ2) is 9.58. The second-order valence-corrected chi connectivity index (χ2v) is 10.0. The van der Waals surface area contributed by atoms with E-state index in [1.165, 1.54) is 0 Å². The van der Waals surface area contributed by atoms with E-state index in [9.17, 15) is 0 Å². The first-order valence-electron chi connectivity index (χ1n) is 13.3. The number of nitrogens with one attached hydrogen (secondary N) is 2. The molecule has 196 valence electrons. The summed E-state index contributed by atoms with van der Waals surface area (Å²) in [5.41, 5.74) is 6.83. The highest BCUT2D eigenvalue weighted by atomic mass is 16.5. The molecule has 6 heteroatoms. The summed E-state index contributed by atoms with van der Waals surface area (Å²) in [5, 5.41) is 5.79. The smallest absolute Gasteiger partial charge is 0.126 e. The van der Waals surface area contributed by atoms with Gasteiger partial charge in [0, 0.05) is 33.1 Å². The molecule has 4 aliphatic heterocycles. The third-order valence-electron chi connectivity index (χ3n) is 7.55. The van der Waals surface area contributed by atoms with E-state index < -0.39 is 5.54 Å². The largest absolute Gasteiger partial charge is 0.496 e. The maximum absolute atomic E-state index is 5.81. The number of nitrogens with zero attached hydrogens (tertiary/aromatic N) is 2. The van der Waals surface area contributed by atoms with Gasteiger partial charge in [-0.05, 0) is 73.2 Å². The summed E-state index contributed by atoms with van der Waals surface area (Å²) in [7, 11) is 3.41. The molecule has 5 heterocycles. The summed E-state index contributed by atoms with van der Waals surface area (Å²) in [6, 6.07) is 20.3. The van der Waals surface area contributed by atoms with E-state index in [1.807, 2.05) is 48.6 Å². The van der Waals surface area contributed by atoms with E-state index >= 15 is 0 Å². The van der Waals surface area contributed by atoms with Crippen LogP contribution in [0.4, 0.5) is 0 Å². The quantitative estimate of drug-likeness (QED) is 0.520. The lowest BCUT2D eigenvalue weighted by Gasteiger charge is -2.30. The Labute approximate surface area is 232 Å². The van der Waals surface area contributed by atoms with Crippen molar-refractivity contribution in [1.82, 2.24) is 10.3 Å². The van der Waals surface area contributed by atoms with Gasteiger partial charge < -0.3 is 19.8 Å². The average Bonchev–Trinajstić information content (AvgIpc) is 3.79. The molecule has 6 nitrogen and oxygen atoms in total. The van der Waals surface area contributed by atoms with Gasteiger partial charge in [-0.2, -0.15) is 0 Å². The van der Waals surface area contributed by atoms with Crippen LogP contribution in [-0.4, -0.2) is 30.6 Å². The zero-order chi connectivity index (χ0) is 27.1. The number of allylic oxidation sites excluding steroid dienone is 6. The molecule has 2 aromatic carbocycles. The van der Waals surface area contributed by atoms with Crippen molar-refractivity contribution in [2.45, 2.75) is 12.0 Å². The van der Waals surface area contributed by atoms with Crippen LogP contribution < -0.4 is 25.5 Å². The summed E-state index contributed by atoms with van der Waals surface area (Å²) in [6.45, 7) is 0. The summed E-state index contributed by atoms with van der Waals surface area (Å²) >= 11 is 0. The number of hydrogen-bond acceptors (Lipinski definition) is 5. The lowest BCUT2D eigenvalue weighted by Crippen LogP contribution is -2.36. The Balaban J connectivity index is 1.48. The molecule has 0 aliphatic carbocycles. The monoisotopic (exact) mass is 524 g/mol. The molecule has 7 rings (SSSR count). The summed E-state index contributed by atoms with van der Waals surface area (Å²) in [4.78, 5) is 13.6. The number of aromatic amines is 1.